The molecule has 0 bridgehead atoms. The highest BCUT2D eigenvalue weighted by molar-refractivity contribution is 6.29. The number of amides is 1. The number of nitrogens with zero attached hydrogens (tertiary/aromatic N) is 2. The van der Waals surface area contributed by atoms with E-state index in [1.54, 1.807) is 6.92 Å². The molecule has 0 atom stereocenters. The number of halogens is 1. The van der Waals surface area contributed by atoms with Gasteiger partial charge in [-0.05, 0) is 19.8 Å². The van der Waals surface area contributed by atoms with Crippen LogP contribution in [-0.4, -0.2) is 21.5 Å². The lowest BCUT2D eigenvalue weighted by Crippen LogP contribution is -2.29. The number of hydrogen-bond acceptors (Lipinski definition) is 3. The number of aryl methyl sites for hydroxylation is 1. The van der Waals surface area contributed by atoms with Crippen LogP contribution in [0.1, 0.15) is 25.1 Å². The van der Waals surface area contributed by atoms with E-state index < -0.39 is 0 Å². The second kappa shape index (κ2) is 4.87. The van der Waals surface area contributed by atoms with E-state index in [0.29, 0.717) is 24.8 Å². The molecule has 1 aliphatic rings. The van der Waals surface area contributed by atoms with Crippen LogP contribution in [-0.2, 0) is 11.3 Å². The highest BCUT2D eigenvalue weighted by Gasteiger charge is 2.22. The first-order chi connectivity index (χ1) is 8.06. The van der Waals surface area contributed by atoms with Gasteiger partial charge in [-0.15, -0.1) is 0 Å². The zero-order valence-corrected chi connectivity index (χ0v) is 10.3. The van der Waals surface area contributed by atoms with Crippen molar-refractivity contribution in [1.82, 2.24) is 14.9 Å². The minimum Gasteiger partial charge on any atom is -0.353 e. The largest absolute Gasteiger partial charge is 0.353 e. The average Bonchev–Trinajstić information content (AvgIpc) is 2.99. The molecule has 17 heavy (non-hydrogen) atoms. The van der Waals surface area contributed by atoms with Crippen LogP contribution in [0.4, 0.5) is 0 Å². The number of aromatic nitrogens is 2. The quantitative estimate of drug-likeness (QED) is 0.812. The van der Waals surface area contributed by atoms with Crippen molar-refractivity contribution >= 4 is 17.5 Å². The maximum atomic E-state index is 11.6. The van der Waals surface area contributed by atoms with Gasteiger partial charge in [0.05, 0.1) is 0 Å². The van der Waals surface area contributed by atoms with Crippen LogP contribution in [0.25, 0.3) is 0 Å². The Balaban J connectivity index is 1.98. The van der Waals surface area contributed by atoms with Crippen molar-refractivity contribution in [3.63, 3.8) is 0 Å². The molecule has 1 aliphatic carbocycles. The highest BCUT2D eigenvalue weighted by Crippen LogP contribution is 2.18. The second-order valence-corrected chi connectivity index (χ2v) is 4.59. The minimum absolute atomic E-state index is 0.0197. The van der Waals surface area contributed by atoms with Crippen molar-refractivity contribution in [3.05, 3.63) is 27.4 Å². The third-order valence-corrected chi connectivity index (χ3v) is 2.87. The summed E-state index contributed by atoms with van der Waals surface area (Å²) in [6.07, 6.45) is 2.42. The fraction of sp³-hybridized carbons (Fsp3) is 0.545. The summed E-state index contributed by atoms with van der Waals surface area (Å²) < 4.78 is 1.46. The number of rotatable bonds is 4. The molecular weight excluding hydrogens is 242 g/mol. The molecule has 1 fully saturated rings. The van der Waals surface area contributed by atoms with Crippen LogP contribution >= 0.6 is 11.6 Å². The van der Waals surface area contributed by atoms with Crippen LogP contribution in [0.3, 0.4) is 0 Å². The Labute approximate surface area is 104 Å². The van der Waals surface area contributed by atoms with Crippen molar-refractivity contribution in [2.45, 2.75) is 38.8 Å². The van der Waals surface area contributed by atoms with Gasteiger partial charge in [-0.3, -0.25) is 14.2 Å². The lowest BCUT2D eigenvalue weighted by molar-refractivity contribution is -0.121. The Kier molecular flexibility index (Phi) is 3.47. The molecule has 1 aromatic heterocycles. The molecule has 0 saturated heterocycles. The number of hydrogen-bond donors (Lipinski definition) is 1. The van der Waals surface area contributed by atoms with Crippen LogP contribution in [0.2, 0.25) is 5.15 Å². The van der Waals surface area contributed by atoms with Crippen molar-refractivity contribution in [2.24, 2.45) is 0 Å². The van der Waals surface area contributed by atoms with Gasteiger partial charge in [0.1, 0.15) is 11.0 Å². The average molecular weight is 256 g/mol. The molecular formula is C11H14ClN3O2. The molecule has 1 aromatic rings. The second-order valence-electron chi connectivity index (χ2n) is 4.21. The van der Waals surface area contributed by atoms with Gasteiger partial charge < -0.3 is 5.32 Å². The van der Waals surface area contributed by atoms with Crippen molar-refractivity contribution < 1.29 is 4.79 Å². The minimum atomic E-state index is -0.221. The Morgan fingerprint density at radius 3 is 2.94 bits per heavy atom. The molecule has 5 nitrogen and oxygen atoms in total. The molecule has 1 heterocycles. The van der Waals surface area contributed by atoms with E-state index in [2.05, 4.69) is 10.3 Å². The molecule has 1 saturated carbocycles. The summed E-state index contributed by atoms with van der Waals surface area (Å²) in [6, 6.07) is 1.61. The number of carbonyl (C=O) groups excluding carboxylic acids is 1. The molecule has 2 rings (SSSR count). The molecule has 0 aliphatic heterocycles. The van der Waals surface area contributed by atoms with E-state index in [1.807, 2.05) is 0 Å². The topological polar surface area (TPSA) is 64.0 Å². The Morgan fingerprint density at radius 1 is 1.65 bits per heavy atom. The molecule has 0 aromatic carbocycles. The first-order valence-electron chi connectivity index (χ1n) is 5.59. The summed E-state index contributed by atoms with van der Waals surface area (Å²) in [5.41, 5.74) is -0.221. The summed E-state index contributed by atoms with van der Waals surface area (Å²) in [4.78, 5) is 27.1. The summed E-state index contributed by atoms with van der Waals surface area (Å²) in [6.45, 7) is 2.04. The van der Waals surface area contributed by atoms with E-state index in [-0.39, 0.29) is 16.6 Å². The first kappa shape index (κ1) is 12.1. The summed E-state index contributed by atoms with van der Waals surface area (Å²) in [7, 11) is 0. The van der Waals surface area contributed by atoms with Crippen LogP contribution < -0.4 is 10.9 Å². The van der Waals surface area contributed by atoms with Gasteiger partial charge in [-0.1, -0.05) is 11.6 Å². The van der Waals surface area contributed by atoms with E-state index in [4.69, 9.17) is 11.6 Å². The summed E-state index contributed by atoms with van der Waals surface area (Å²) >= 11 is 5.66. The predicted octanol–water partition coefficient (Wildman–Crippen LogP) is 0.874. The molecule has 0 radical (unpaired) electrons. The van der Waals surface area contributed by atoms with Crippen molar-refractivity contribution in [1.29, 1.82) is 0 Å². The fourth-order valence-electron chi connectivity index (χ4n) is 1.60. The molecule has 0 unspecified atom stereocenters. The summed E-state index contributed by atoms with van der Waals surface area (Å²) in [5.74, 6) is 0.510. The van der Waals surface area contributed by atoms with Crippen molar-refractivity contribution in [2.75, 3.05) is 0 Å². The van der Waals surface area contributed by atoms with Gasteiger partial charge in [0, 0.05) is 25.1 Å². The SMILES string of the molecule is Cc1nc(Cl)cc(=O)n1CCC(=O)NC1CC1. The predicted molar refractivity (Wildman–Crippen MR) is 64.0 cm³/mol. The molecule has 6 heteroatoms. The van der Waals surface area contributed by atoms with E-state index in [0.717, 1.165) is 12.8 Å². The molecule has 1 N–H and O–H groups in total. The van der Waals surface area contributed by atoms with Crippen LogP contribution in [0, 0.1) is 6.92 Å². The van der Waals surface area contributed by atoms with Gasteiger partial charge in [0.2, 0.25) is 5.91 Å². The lowest BCUT2D eigenvalue weighted by Gasteiger charge is -2.08. The van der Waals surface area contributed by atoms with E-state index >= 15 is 0 Å². The molecule has 0 spiro atoms. The Morgan fingerprint density at radius 2 is 2.35 bits per heavy atom. The Hall–Kier alpha value is -1.36. The lowest BCUT2D eigenvalue weighted by atomic mass is 10.3. The maximum Gasteiger partial charge on any atom is 0.254 e. The monoisotopic (exact) mass is 255 g/mol. The van der Waals surface area contributed by atoms with Gasteiger partial charge in [0.15, 0.2) is 0 Å². The normalized spacial score (nSPS) is 14.7. The number of nitrogens with one attached hydrogen (secondary N) is 1. The summed E-state index contributed by atoms with van der Waals surface area (Å²) in [5, 5.41) is 3.06. The van der Waals surface area contributed by atoms with Gasteiger partial charge in [-0.2, -0.15) is 0 Å². The van der Waals surface area contributed by atoms with Crippen molar-refractivity contribution in [3.8, 4) is 0 Å². The zero-order chi connectivity index (χ0) is 12.4. The maximum absolute atomic E-state index is 11.6. The standard InChI is InChI=1S/C11H14ClN3O2/c1-7-13-9(12)6-11(17)15(7)5-4-10(16)14-8-2-3-8/h6,8H,2-5H2,1H3,(H,14,16). The van der Waals surface area contributed by atoms with Gasteiger partial charge in [0.25, 0.3) is 5.56 Å². The van der Waals surface area contributed by atoms with E-state index in [9.17, 15) is 9.59 Å². The zero-order valence-electron chi connectivity index (χ0n) is 9.57. The third-order valence-electron chi connectivity index (χ3n) is 2.67. The van der Waals surface area contributed by atoms with Gasteiger partial charge in [-0.25, -0.2) is 4.98 Å². The molecule has 1 amide bonds. The Bertz CT molecular complexity index is 494. The first-order valence-corrected chi connectivity index (χ1v) is 5.97. The van der Waals surface area contributed by atoms with Crippen LogP contribution in [0.5, 0.6) is 0 Å². The van der Waals surface area contributed by atoms with Gasteiger partial charge >= 0.3 is 0 Å². The van der Waals surface area contributed by atoms with E-state index in [1.165, 1.54) is 10.6 Å². The smallest absolute Gasteiger partial charge is 0.254 e. The fourth-order valence-corrected chi connectivity index (χ4v) is 1.81. The molecule has 92 valence electrons. The van der Waals surface area contributed by atoms with Crippen LogP contribution in [0.15, 0.2) is 10.9 Å². The third kappa shape index (κ3) is 3.30. The highest BCUT2D eigenvalue weighted by atomic mass is 35.5. The number of carbonyl (C=O) groups is 1.